The van der Waals surface area contributed by atoms with Crippen LogP contribution in [0.3, 0.4) is 0 Å². The van der Waals surface area contributed by atoms with E-state index >= 15 is 0 Å². The molecule has 0 aliphatic rings. The summed E-state index contributed by atoms with van der Waals surface area (Å²) in [5.41, 5.74) is 1.49. The molecule has 3 aromatic rings. The van der Waals surface area contributed by atoms with Gasteiger partial charge in [0.05, 0.1) is 17.3 Å². The van der Waals surface area contributed by atoms with Crippen molar-refractivity contribution in [3.63, 3.8) is 0 Å². The van der Waals surface area contributed by atoms with Gasteiger partial charge in [0.1, 0.15) is 0 Å². The number of benzene rings is 2. The van der Waals surface area contributed by atoms with E-state index in [1.165, 1.54) is 11.8 Å². The fourth-order valence-corrected chi connectivity index (χ4v) is 4.03. The Kier molecular flexibility index (Phi) is 7.01. The van der Waals surface area contributed by atoms with Crippen molar-refractivity contribution >= 4 is 52.5 Å². The zero-order valence-electron chi connectivity index (χ0n) is 13.9. The molecule has 0 spiro atoms. The van der Waals surface area contributed by atoms with E-state index in [1.807, 2.05) is 12.1 Å². The van der Waals surface area contributed by atoms with Crippen molar-refractivity contribution in [3.05, 3.63) is 69.0 Å². The lowest BCUT2D eigenvalue weighted by Gasteiger charge is -2.06. The van der Waals surface area contributed by atoms with Gasteiger partial charge in [-0.3, -0.25) is 4.79 Å². The first kappa shape index (κ1) is 20.0. The molecule has 0 saturated carbocycles. The van der Waals surface area contributed by atoms with Crippen molar-refractivity contribution in [2.75, 3.05) is 5.75 Å². The zero-order chi connectivity index (χ0) is 19.2. The van der Waals surface area contributed by atoms with Crippen LogP contribution in [-0.2, 0) is 17.1 Å². The molecular formula is C18H14Cl3N3O2S. The molecular weight excluding hydrogens is 429 g/mol. The minimum Gasteiger partial charge on any atom is -0.346 e. The Balaban J connectivity index is 1.48. The van der Waals surface area contributed by atoms with E-state index < -0.39 is 0 Å². The van der Waals surface area contributed by atoms with E-state index in [9.17, 15) is 4.79 Å². The number of amides is 1. The van der Waals surface area contributed by atoms with Gasteiger partial charge in [-0.1, -0.05) is 58.2 Å². The predicted octanol–water partition coefficient (Wildman–Crippen LogP) is 5.25. The fourth-order valence-electron chi connectivity index (χ4n) is 2.22. The highest BCUT2D eigenvalue weighted by Crippen LogP contribution is 2.28. The van der Waals surface area contributed by atoms with E-state index in [-0.39, 0.29) is 18.2 Å². The summed E-state index contributed by atoms with van der Waals surface area (Å²) in [6.45, 7) is 0.143. The number of hydrogen-bond donors (Lipinski definition) is 1. The molecule has 0 atom stereocenters. The number of carbonyl (C=O) groups excluding carboxylic acids is 1. The second-order valence-electron chi connectivity index (χ2n) is 5.46. The predicted molar refractivity (Wildman–Crippen MR) is 109 cm³/mol. The van der Waals surface area contributed by atoms with Gasteiger partial charge < -0.3 is 9.84 Å². The number of hydrogen-bond acceptors (Lipinski definition) is 5. The van der Waals surface area contributed by atoms with E-state index in [0.29, 0.717) is 38.1 Å². The molecule has 140 valence electrons. The highest BCUT2D eigenvalue weighted by atomic mass is 35.5. The highest BCUT2D eigenvalue weighted by molar-refractivity contribution is 7.99. The van der Waals surface area contributed by atoms with Crippen LogP contribution in [0, 0.1) is 0 Å². The van der Waals surface area contributed by atoms with E-state index in [4.69, 9.17) is 39.3 Å². The number of carbonyl (C=O) groups is 1. The lowest BCUT2D eigenvalue weighted by atomic mass is 10.2. The van der Waals surface area contributed by atoms with Gasteiger partial charge >= 0.3 is 0 Å². The molecule has 1 N–H and O–H groups in total. The van der Waals surface area contributed by atoms with Crippen LogP contribution >= 0.6 is 46.6 Å². The van der Waals surface area contributed by atoms with Crippen LogP contribution < -0.4 is 5.32 Å². The number of rotatable bonds is 7. The third-order valence-electron chi connectivity index (χ3n) is 3.56. The smallest absolute Gasteiger partial charge is 0.246 e. The van der Waals surface area contributed by atoms with Crippen molar-refractivity contribution in [1.29, 1.82) is 0 Å². The molecule has 1 aromatic heterocycles. The Hall–Kier alpha value is -1.73. The maximum Gasteiger partial charge on any atom is 0.246 e. The van der Waals surface area contributed by atoms with E-state index in [0.717, 1.165) is 5.56 Å². The van der Waals surface area contributed by atoms with Crippen molar-refractivity contribution in [1.82, 2.24) is 15.5 Å². The number of aromatic nitrogens is 2. The lowest BCUT2D eigenvalue weighted by molar-refractivity contribution is -0.118. The first-order chi connectivity index (χ1) is 13.0. The summed E-state index contributed by atoms with van der Waals surface area (Å²) < 4.78 is 5.15. The Morgan fingerprint density at radius 2 is 1.74 bits per heavy atom. The van der Waals surface area contributed by atoms with Crippen molar-refractivity contribution in [2.45, 2.75) is 12.3 Å². The summed E-state index contributed by atoms with van der Waals surface area (Å²) in [5, 5.41) is 8.34. The monoisotopic (exact) mass is 441 g/mol. The third-order valence-corrected chi connectivity index (χ3v) is 5.56. The highest BCUT2D eigenvalue weighted by Gasteiger charge is 2.12. The number of nitrogens with one attached hydrogen (secondary N) is 1. The van der Waals surface area contributed by atoms with Crippen LogP contribution in [-0.4, -0.2) is 21.8 Å². The summed E-state index contributed by atoms with van der Waals surface area (Å²) in [7, 11) is 0. The molecule has 27 heavy (non-hydrogen) atoms. The summed E-state index contributed by atoms with van der Waals surface area (Å²) in [4.78, 5) is 16.2. The molecule has 3 rings (SSSR count). The number of halogens is 3. The second-order valence-corrected chi connectivity index (χ2v) is 7.67. The summed E-state index contributed by atoms with van der Waals surface area (Å²) in [5.74, 6) is 1.33. The molecule has 9 heteroatoms. The summed E-state index contributed by atoms with van der Waals surface area (Å²) in [6.07, 6.45) is 0. The SMILES string of the molecule is O=C(CSCc1c(Cl)cccc1Cl)NCc1nc(-c2ccccc2Cl)no1. The van der Waals surface area contributed by atoms with Gasteiger partial charge in [-0.25, -0.2) is 0 Å². The first-order valence-electron chi connectivity index (χ1n) is 7.89. The topological polar surface area (TPSA) is 68.0 Å². The summed E-state index contributed by atoms with van der Waals surface area (Å²) >= 11 is 19.8. The maximum atomic E-state index is 12.0. The van der Waals surface area contributed by atoms with Crippen molar-refractivity contribution in [2.24, 2.45) is 0 Å². The molecule has 0 radical (unpaired) electrons. The second kappa shape index (κ2) is 9.46. The molecule has 1 amide bonds. The van der Waals surface area contributed by atoms with Crippen LogP contribution in [0.5, 0.6) is 0 Å². The fraction of sp³-hybridized carbons (Fsp3) is 0.167. The molecule has 0 bridgehead atoms. The number of thioether (sulfide) groups is 1. The van der Waals surface area contributed by atoms with Gasteiger partial charge in [0.15, 0.2) is 0 Å². The molecule has 0 aliphatic heterocycles. The quantitative estimate of drug-likeness (QED) is 0.541. The van der Waals surface area contributed by atoms with Crippen LogP contribution in [0.15, 0.2) is 47.0 Å². The van der Waals surface area contributed by atoms with Crippen LogP contribution in [0.4, 0.5) is 0 Å². The third kappa shape index (κ3) is 5.39. The standard InChI is InChI=1S/C18H14Cl3N3O2S/c19-13-5-2-1-4-11(13)18-23-17(26-24-18)8-22-16(25)10-27-9-12-14(20)6-3-7-15(12)21/h1-7H,8-10H2,(H,22,25). The van der Waals surface area contributed by atoms with Crippen molar-refractivity contribution < 1.29 is 9.32 Å². The van der Waals surface area contributed by atoms with Gasteiger partial charge in [0, 0.05) is 21.4 Å². The molecule has 1 heterocycles. The van der Waals surface area contributed by atoms with Crippen LogP contribution in [0.25, 0.3) is 11.4 Å². The van der Waals surface area contributed by atoms with Crippen LogP contribution in [0.1, 0.15) is 11.5 Å². The lowest BCUT2D eigenvalue weighted by Crippen LogP contribution is -2.24. The Labute approximate surface area is 175 Å². The zero-order valence-corrected chi connectivity index (χ0v) is 17.0. The number of nitrogens with zero attached hydrogens (tertiary/aromatic N) is 2. The average molecular weight is 443 g/mol. The first-order valence-corrected chi connectivity index (χ1v) is 10.2. The summed E-state index contributed by atoms with van der Waals surface area (Å²) in [6, 6.07) is 12.5. The van der Waals surface area contributed by atoms with Gasteiger partial charge in [0.2, 0.25) is 17.6 Å². The minimum atomic E-state index is -0.152. The van der Waals surface area contributed by atoms with E-state index in [1.54, 1.807) is 30.3 Å². The molecule has 0 unspecified atom stereocenters. The minimum absolute atomic E-state index is 0.143. The normalized spacial score (nSPS) is 10.8. The Morgan fingerprint density at radius 3 is 2.48 bits per heavy atom. The van der Waals surface area contributed by atoms with E-state index in [2.05, 4.69) is 15.5 Å². The maximum absolute atomic E-state index is 12.0. The molecule has 0 aliphatic carbocycles. The molecule has 2 aromatic carbocycles. The largest absolute Gasteiger partial charge is 0.346 e. The van der Waals surface area contributed by atoms with Crippen molar-refractivity contribution in [3.8, 4) is 11.4 Å². The van der Waals surface area contributed by atoms with Gasteiger partial charge in [-0.05, 0) is 29.8 Å². The Morgan fingerprint density at radius 1 is 1.04 bits per heavy atom. The average Bonchev–Trinajstić information content (AvgIpc) is 3.11. The van der Waals surface area contributed by atoms with Gasteiger partial charge in [-0.15, -0.1) is 11.8 Å². The van der Waals surface area contributed by atoms with Gasteiger partial charge in [0.25, 0.3) is 0 Å². The molecule has 5 nitrogen and oxygen atoms in total. The molecule has 0 saturated heterocycles. The van der Waals surface area contributed by atoms with Crippen LogP contribution in [0.2, 0.25) is 15.1 Å². The Bertz CT molecular complexity index is 929. The molecule has 0 fully saturated rings. The van der Waals surface area contributed by atoms with Gasteiger partial charge in [-0.2, -0.15) is 4.98 Å².